The van der Waals surface area contributed by atoms with E-state index in [9.17, 15) is 4.79 Å². The fourth-order valence-electron chi connectivity index (χ4n) is 4.27. The number of amides is 1. The summed E-state index contributed by atoms with van der Waals surface area (Å²) in [5.41, 5.74) is 3.58. The Morgan fingerprint density at radius 1 is 1.20 bits per heavy atom. The van der Waals surface area contributed by atoms with E-state index in [4.69, 9.17) is 4.98 Å². The Morgan fingerprint density at radius 2 is 2.07 bits per heavy atom. The second-order valence-corrected chi connectivity index (χ2v) is 9.13. The van der Waals surface area contributed by atoms with Crippen molar-refractivity contribution >= 4 is 17.2 Å². The number of rotatable bonds is 7. The third-order valence-corrected chi connectivity index (χ3v) is 6.75. The molecule has 0 bridgehead atoms. The minimum Gasteiger partial charge on any atom is -0.342 e. The standard InChI is InChI=1S/C25H29N3OS/c1-19-26-17-22(16-20-8-3-2-4-9-20)25(27-19)21-10-6-14-28(18-21)24(29)13-5-11-23-12-7-15-30-23/h2-4,7-9,12,15,17,21H,5-6,10-11,13-14,16,18H2,1H3. The van der Waals surface area contributed by atoms with Crippen molar-refractivity contribution in [2.45, 2.75) is 51.4 Å². The predicted molar refractivity (Wildman–Crippen MR) is 122 cm³/mol. The van der Waals surface area contributed by atoms with Gasteiger partial charge in [-0.05, 0) is 55.2 Å². The zero-order valence-electron chi connectivity index (χ0n) is 17.6. The van der Waals surface area contributed by atoms with Crippen LogP contribution in [0.3, 0.4) is 0 Å². The van der Waals surface area contributed by atoms with Crippen LogP contribution in [0.2, 0.25) is 0 Å². The Morgan fingerprint density at radius 3 is 2.87 bits per heavy atom. The van der Waals surface area contributed by atoms with Gasteiger partial charge in [-0.25, -0.2) is 9.97 Å². The second kappa shape index (κ2) is 9.98. The smallest absolute Gasteiger partial charge is 0.222 e. The summed E-state index contributed by atoms with van der Waals surface area (Å²) in [6, 6.07) is 14.7. The van der Waals surface area contributed by atoms with Crippen LogP contribution >= 0.6 is 11.3 Å². The molecule has 0 aliphatic carbocycles. The van der Waals surface area contributed by atoms with E-state index < -0.39 is 0 Å². The molecule has 3 heterocycles. The Labute approximate surface area is 183 Å². The molecule has 5 heteroatoms. The van der Waals surface area contributed by atoms with Gasteiger partial charge in [-0.2, -0.15) is 0 Å². The lowest BCUT2D eigenvalue weighted by molar-refractivity contribution is -0.132. The lowest BCUT2D eigenvalue weighted by Crippen LogP contribution is -2.39. The zero-order valence-corrected chi connectivity index (χ0v) is 18.4. The van der Waals surface area contributed by atoms with Gasteiger partial charge in [-0.3, -0.25) is 4.79 Å². The molecule has 0 N–H and O–H groups in total. The zero-order chi connectivity index (χ0) is 20.8. The number of nitrogens with zero attached hydrogens (tertiary/aromatic N) is 3. The molecule has 0 saturated carbocycles. The summed E-state index contributed by atoms with van der Waals surface area (Å²) in [6.07, 6.45) is 7.48. The fraction of sp³-hybridized carbons (Fsp3) is 0.400. The lowest BCUT2D eigenvalue weighted by Gasteiger charge is -2.33. The van der Waals surface area contributed by atoms with Crippen molar-refractivity contribution in [3.8, 4) is 0 Å². The first-order chi connectivity index (χ1) is 14.7. The highest BCUT2D eigenvalue weighted by Crippen LogP contribution is 2.29. The average Bonchev–Trinajstić information content (AvgIpc) is 3.29. The summed E-state index contributed by atoms with van der Waals surface area (Å²) in [7, 11) is 0. The molecule has 1 unspecified atom stereocenters. The summed E-state index contributed by atoms with van der Waals surface area (Å²) in [5, 5.41) is 2.10. The number of aromatic nitrogens is 2. The number of carbonyl (C=O) groups excluding carboxylic acids is 1. The van der Waals surface area contributed by atoms with Crippen molar-refractivity contribution in [3.05, 3.63) is 81.6 Å². The first-order valence-corrected chi connectivity index (χ1v) is 11.7. The number of hydrogen-bond donors (Lipinski definition) is 0. The van der Waals surface area contributed by atoms with Gasteiger partial charge in [0.25, 0.3) is 0 Å². The van der Waals surface area contributed by atoms with Crippen molar-refractivity contribution in [2.75, 3.05) is 13.1 Å². The molecular formula is C25H29N3OS. The molecule has 4 rings (SSSR count). The van der Waals surface area contributed by atoms with E-state index >= 15 is 0 Å². The maximum absolute atomic E-state index is 12.8. The third-order valence-electron chi connectivity index (χ3n) is 5.81. The number of carbonyl (C=O) groups is 1. The van der Waals surface area contributed by atoms with Crippen LogP contribution < -0.4 is 0 Å². The monoisotopic (exact) mass is 419 g/mol. The normalized spacial score (nSPS) is 16.6. The van der Waals surface area contributed by atoms with Gasteiger partial charge < -0.3 is 4.90 Å². The highest BCUT2D eigenvalue weighted by molar-refractivity contribution is 7.09. The molecule has 1 saturated heterocycles. The molecule has 2 aromatic heterocycles. The van der Waals surface area contributed by atoms with E-state index in [1.807, 2.05) is 19.2 Å². The molecule has 1 amide bonds. The van der Waals surface area contributed by atoms with Crippen LogP contribution in [0.15, 0.2) is 54.0 Å². The average molecular weight is 420 g/mol. The Hall–Kier alpha value is -2.53. The quantitative estimate of drug-likeness (QED) is 0.531. The number of thiophene rings is 1. The van der Waals surface area contributed by atoms with Crippen molar-refractivity contribution in [1.29, 1.82) is 0 Å². The van der Waals surface area contributed by atoms with Gasteiger partial charge in [-0.15, -0.1) is 11.3 Å². The van der Waals surface area contributed by atoms with Gasteiger partial charge in [0, 0.05) is 42.9 Å². The Balaban J connectivity index is 1.42. The topological polar surface area (TPSA) is 46.1 Å². The number of likely N-dealkylation sites (tertiary alicyclic amines) is 1. The van der Waals surface area contributed by atoms with Crippen LogP contribution in [-0.2, 0) is 17.6 Å². The molecular weight excluding hydrogens is 390 g/mol. The molecule has 1 aromatic carbocycles. The number of hydrogen-bond acceptors (Lipinski definition) is 4. The van der Waals surface area contributed by atoms with E-state index in [-0.39, 0.29) is 5.91 Å². The highest BCUT2D eigenvalue weighted by atomic mass is 32.1. The van der Waals surface area contributed by atoms with Gasteiger partial charge in [0.2, 0.25) is 5.91 Å². The largest absolute Gasteiger partial charge is 0.342 e. The number of benzene rings is 1. The Bertz CT molecular complexity index is 956. The van der Waals surface area contributed by atoms with Crippen molar-refractivity contribution in [3.63, 3.8) is 0 Å². The lowest BCUT2D eigenvalue weighted by atomic mass is 9.90. The minimum absolute atomic E-state index is 0.284. The summed E-state index contributed by atoms with van der Waals surface area (Å²) < 4.78 is 0. The van der Waals surface area contributed by atoms with E-state index in [1.54, 1.807) is 11.3 Å². The number of piperidine rings is 1. The molecule has 1 atom stereocenters. The maximum atomic E-state index is 12.8. The molecule has 4 nitrogen and oxygen atoms in total. The van der Waals surface area contributed by atoms with Crippen molar-refractivity contribution in [2.24, 2.45) is 0 Å². The van der Waals surface area contributed by atoms with Crippen molar-refractivity contribution in [1.82, 2.24) is 14.9 Å². The van der Waals surface area contributed by atoms with Gasteiger partial charge in [-0.1, -0.05) is 36.4 Å². The summed E-state index contributed by atoms with van der Waals surface area (Å²) >= 11 is 1.77. The summed E-state index contributed by atoms with van der Waals surface area (Å²) in [4.78, 5) is 25.6. The minimum atomic E-state index is 0.284. The van der Waals surface area contributed by atoms with Crippen LogP contribution in [-0.4, -0.2) is 33.9 Å². The van der Waals surface area contributed by atoms with Gasteiger partial charge in [0.1, 0.15) is 5.82 Å². The predicted octanol–water partition coefficient (Wildman–Crippen LogP) is 5.17. The molecule has 3 aromatic rings. The molecule has 1 aliphatic heterocycles. The van der Waals surface area contributed by atoms with Crippen molar-refractivity contribution < 1.29 is 4.79 Å². The van der Waals surface area contributed by atoms with Crippen LogP contribution in [0.5, 0.6) is 0 Å². The molecule has 1 aliphatic rings. The molecule has 30 heavy (non-hydrogen) atoms. The van der Waals surface area contributed by atoms with Crippen LogP contribution in [0, 0.1) is 6.92 Å². The summed E-state index contributed by atoms with van der Waals surface area (Å²) in [6.45, 7) is 3.59. The molecule has 0 radical (unpaired) electrons. The van der Waals surface area contributed by atoms with Crippen LogP contribution in [0.4, 0.5) is 0 Å². The number of aryl methyl sites for hydroxylation is 2. The summed E-state index contributed by atoms with van der Waals surface area (Å²) in [5.74, 6) is 1.38. The van der Waals surface area contributed by atoms with Crippen LogP contribution in [0.1, 0.15) is 59.1 Å². The molecule has 156 valence electrons. The third kappa shape index (κ3) is 5.33. The van der Waals surface area contributed by atoms with E-state index in [2.05, 4.69) is 51.7 Å². The van der Waals surface area contributed by atoms with Gasteiger partial charge in [0.05, 0.1) is 5.69 Å². The maximum Gasteiger partial charge on any atom is 0.222 e. The highest BCUT2D eigenvalue weighted by Gasteiger charge is 2.27. The molecule has 1 fully saturated rings. The van der Waals surface area contributed by atoms with Gasteiger partial charge in [0.15, 0.2) is 0 Å². The van der Waals surface area contributed by atoms with E-state index in [0.29, 0.717) is 12.3 Å². The van der Waals surface area contributed by atoms with Crippen LogP contribution in [0.25, 0.3) is 0 Å². The van der Waals surface area contributed by atoms with Gasteiger partial charge >= 0.3 is 0 Å². The van der Waals surface area contributed by atoms with E-state index in [1.165, 1.54) is 16.0 Å². The SMILES string of the molecule is Cc1ncc(Cc2ccccc2)c(C2CCCN(C(=O)CCCc3cccs3)C2)n1. The fourth-order valence-corrected chi connectivity index (χ4v) is 5.02. The molecule has 0 spiro atoms. The Kier molecular flexibility index (Phi) is 6.90. The first kappa shape index (κ1) is 20.7. The van der Waals surface area contributed by atoms with E-state index in [0.717, 1.165) is 56.7 Å². The second-order valence-electron chi connectivity index (χ2n) is 8.10. The first-order valence-electron chi connectivity index (χ1n) is 10.9.